The minimum atomic E-state index is -1.04. The van der Waals surface area contributed by atoms with Crippen molar-refractivity contribution in [3.63, 3.8) is 0 Å². The van der Waals surface area contributed by atoms with Crippen molar-refractivity contribution in [2.75, 3.05) is 6.54 Å². The number of phenols is 1. The number of likely N-dealkylation sites (N-methyl/N-ethyl adjacent to an activating group) is 1. The number of hydrogen-bond acceptors (Lipinski definition) is 5. The topological polar surface area (TPSA) is 108 Å². The van der Waals surface area contributed by atoms with E-state index in [2.05, 4.69) is 10.6 Å². The molecule has 31 heavy (non-hydrogen) atoms. The molecule has 3 N–H and O–H groups in total. The van der Waals surface area contributed by atoms with Gasteiger partial charge in [0.2, 0.25) is 11.8 Å². The Morgan fingerprint density at radius 2 is 1.71 bits per heavy atom. The number of hydrogen-bond donors (Lipinski definition) is 3. The molecule has 0 saturated heterocycles. The van der Waals surface area contributed by atoms with Gasteiger partial charge in [0.15, 0.2) is 0 Å². The second-order valence-electron chi connectivity index (χ2n) is 8.65. The van der Waals surface area contributed by atoms with Crippen LogP contribution in [-0.2, 0) is 14.3 Å². The van der Waals surface area contributed by atoms with Crippen molar-refractivity contribution in [3.8, 4) is 5.75 Å². The molecule has 8 nitrogen and oxygen atoms in total. The van der Waals surface area contributed by atoms with Crippen LogP contribution in [0.4, 0.5) is 4.79 Å². The number of nitrogens with zero attached hydrogens (tertiary/aromatic N) is 1. The average Bonchev–Trinajstić information content (AvgIpc) is 2.64. The number of rotatable bonds is 9. The van der Waals surface area contributed by atoms with Crippen molar-refractivity contribution < 1.29 is 24.2 Å². The third-order valence-corrected chi connectivity index (χ3v) is 4.63. The van der Waals surface area contributed by atoms with E-state index in [0.29, 0.717) is 5.56 Å². The van der Waals surface area contributed by atoms with Crippen LogP contribution >= 0.6 is 0 Å². The Labute approximate surface area is 185 Å². The molecule has 3 unspecified atom stereocenters. The molecule has 0 radical (unpaired) electrons. The number of benzene rings is 1. The smallest absolute Gasteiger partial charge is 0.408 e. The highest BCUT2D eigenvalue weighted by Crippen LogP contribution is 2.29. The van der Waals surface area contributed by atoms with Crippen molar-refractivity contribution >= 4 is 17.9 Å². The van der Waals surface area contributed by atoms with Gasteiger partial charge in [-0.05, 0) is 54.0 Å². The second-order valence-corrected chi connectivity index (χ2v) is 8.65. The van der Waals surface area contributed by atoms with Gasteiger partial charge in [-0.3, -0.25) is 9.59 Å². The number of alkyl carbamates (subject to hydrolysis) is 1. The molecule has 1 aromatic rings. The Kier molecular flexibility index (Phi) is 9.81. The molecular formula is C23H37N3O5. The van der Waals surface area contributed by atoms with E-state index in [0.717, 1.165) is 12.8 Å². The SMILES string of the molecule is CCCC(C)NC(=O)C(c1ccccc1O)N(CC)C(=O)C(C)NC(=O)OC(C)(C)C. The van der Waals surface area contributed by atoms with Crippen LogP contribution in [0.5, 0.6) is 5.75 Å². The lowest BCUT2D eigenvalue weighted by atomic mass is 10.0. The van der Waals surface area contributed by atoms with E-state index >= 15 is 0 Å². The maximum atomic E-state index is 13.2. The van der Waals surface area contributed by atoms with E-state index in [-0.39, 0.29) is 24.2 Å². The van der Waals surface area contributed by atoms with E-state index in [1.54, 1.807) is 45.9 Å². The Morgan fingerprint density at radius 3 is 2.23 bits per heavy atom. The molecule has 0 aromatic heterocycles. The molecule has 0 bridgehead atoms. The summed E-state index contributed by atoms with van der Waals surface area (Å²) in [4.78, 5) is 39.9. The van der Waals surface area contributed by atoms with Crippen LogP contribution in [0.2, 0.25) is 0 Å². The predicted octanol–water partition coefficient (Wildman–Crippen LogP) is 3.50. The van der Waals surface area contributed by atoms with Crippen molar-refractivity contribution in [1.82, 2.24) is 15.5 Å². The quantitative estimate of drug-likeness (QED) is 0.550. The third kappa shape index (κ3) is 8.11. The lowest BCUT2D eigenvalue weighted by Gasteiger charge is -2.33. The number of para-hydroxylation sites is 1. The summed E-state index contributed by atoms with van der Waals surface area (Å²) in [5, 5.41) is 15.9. The number of carbonyl (C=O) groups is 3. The van der Waals surface area contributed by atoms with Gasteiger partial charge in [0.25, 0.3) is 0 Å². The second kappa shape index (κ2) is 11.6. The van der Waals surface area contributed by atoms with E-state index in [1.165, 1.54) is 17.9 Å². The van der Waals surface area contributed by atoms with Gasteiger partial charge < -0.3 is 25.4 Å². The molecular weight excluding hydrogens is 398 g/mol. The van der Waals surface area contributed by atoms with Crippen molar-refractivity contribution in [2.45, 2.75) is 85.0 Å². The number of ether oxygens (including phenoxy) is 1. The molecule has 1 aromatic carbocycles. The molecule has 0 fully saturated rings. The van der Waals surface area contributed by atoms with Gasteiger partial charge in [-0.1, -0.05) is 31.5 Å². The zero-order valence-electron chi connectivity index (χ0n) is 19.7. The number of phenolic OH excluding ortho intramolecular Hbond substituents is 1. The normalized spacial score (nSPS) is 14.2. The van der Waals surface area contributed by atoms with E-state index in [9.17, 15) is 19.5 Å². The number of nitrogens with one attached hydrogen (secondary N) is 2. The van der Waals surface area contributed by atoms with Crippen LogP contribution in [-0.4, -0.2) is 52.1 Å². The molecule has 174 valence electrons. The molecule has 0 spiro atoms. The van der Waals surface area contributed by atoms with Gasteiger partial charge in [-0.2, -0.15) is 0 Å². The summed E-state index contributed by atoms with van der Waals surface area (Å²) >= 11 is 0. The van der Waals surface area contributed by atoms with Crippen LogP contribution in [0, 0.1) is 0 Å². The lowest BCUT2D eigenvalue weighted by molar-refractivity contribution is -0.142. The average molecular weight is 436 g/mol. The number of carbonyl (C=O) groups excluding carboxylic acids is 3. The molecule has 0 heterocycles. The summed E-state index contributed by atoms with van der Waals surface area (Å²) in [5.74, 6) is -0.924. The largest absolute Gasteiger partial charge is 0.508 e. The Balaban J connectivity index is 3.18. The van der Waals surface area contributed by atoms with Gasteiger partial charge in [0.05, 0.1) is 0 Å². The van der Waals surface area contributed by atoms with Gasteiger partial charge in [-0.25, -0.2) is 4.79 Å². The zero-order valence-corrected chi connectivity index (χ0v) is 19.7. The standard InChI is InChI=1S/C23H37N3O5/c1-8-12-15(3)24-20(28)19(17-13-10-11-14-18(17)27)26(9-2)21(29)16(4)25-22(30)31-23(5,6)7/h10-11,13-16,19,27H,8-9,12H2,1-7H3,(H,24,28)(H,25,30). The number of aromatic hydroxyl groups is 1. The van der Waals surface area contributed by atoms with Gasteiger partial charge in [0.1, 0.15) is 23.4 Å². The minimum Gasteiger partial charge on any atom is -0.508 e. The summed E-state index contributed by atoms with van der Waals surface area (Å²) in [5.41, 5.74) is -0.381. The number of amides is 3. The van der Waals surface area contributed by atoms with Crippen LogP contribution in [0.3, 0.4) is 0 Å². The first-order valence-corrected chi connectivity index (χ1v) is 10.8. The highest BCUT2D eigenvalue weighted by Gasteiger charge is 2.35. The zero-order chi connectivity index (χ0) is 23.8. The maximum Gasteiger partial charge on any atom is 0.408 e. The first kappa shape index (κ1) is 26.3. The molecule has 1 rings (SSSR count). The molecule has 3 amide bonds. The van der Waals surface area contributed by atoms with Crippen LogP contribution in [0.15, 0.2) is 24.3 Å². The van der Waals surface area contributed by atoms with Crippen LogP contribution in [0.1, 0.15) is 72.9 Å². The van der Waals surface area contributed by atoms with Crippen molar-refractivity contribution in [2.24, 2.45) is 0 Å². The summed E-state index contributed by atoms with van der Waals surface area (Å²) in [6.45, 7) is 12.6. The van der Waals surface area contributed by atoms with Crippen LogP contribution < -0.4 is 10.6 Å². The summed E-state index contributed by atoms with van der Waals surface area (Å²) in [7, 11) is 0. The van der Waals surface area contributed by atoms with E-state index in [1.807, 2.05) is 13.8 Å². The van der Waals surface area contributed by atoms with Gasteiger partial charge in [0, 0.05) is 18.2 Å². The third-order valence-electron chi connectivity index (χ3n) is 4.63. The Hall–Kier alpha value is -2.77. The first-order valence-electron chi connectivity index (χ1n) is 10.8. The fraction of sp³-hybridized carbons (Fsp3) is 0.609. The summed E-state index contributed by atoms with van der Waals surface area (Å²) < 4.78 is 5.22. The maximum absolute atomic E-state index is 13.2. The van der Waals surface area contributed by atoms with Gasteiger partial charge in [-0.15, -0.1) is 0 Å². The van der Waals surface area contributed by atoms with Gasteiger partial charge >= 0.3 is 6.09 Å². The van der Waals surface area contributed by atoms with Crippen molar-refractivity contribution in [3.05, 3.63) is 29.8 Å². The monoisotopic (exact) mass is 435 g/mol. The molecule has 0 aliphatic carbocycles. The van der Waals surface area contributed by atoms with E-state index < -0.39 is 29.7 Å². The molecule has 0 saturated carbocycles. The molecule has 0 aliphatic heterocycles. The fourth-order valence-corrected chi connectivity index (χ4v) is 3.26. The minimum absolute atomic E-state index is 0.0789. The highest BCUT2D eigenvalue weighted by molar-refractivity contribution is 5.92. The Bertz CT molecular complexity index is 760. The fourth-order valence-electron chi connectivity index (χ4n) is 3.26. The predicted molar refractivity (Wildman–Crippen MR) is 120 cm³/mol. The van der Waals surface area contributed by atoms with Crippen LogP contribution in [0.25, 0.3) is 0 Å². The van der Waals surface area contributed by atoms with E-state index in [4.69, 9.17) is 4.74 Å². The first-order chi connectivity index (χ1) is 14.4. The molecule has 8 heteroatoms. The summed E-state index contributed by atoms with van der Waals surface area (Å²) in [6.07, 6.45) is 0.968. The highest BCUT2D eigenvalue weighted by atomic mass is 16.6. The summed E-state index contributed by atoms with van der Waals surface area (Å²) in [6, 6.07) is 4.39. The molecule has 3 atom stereocenters. The Morgan fingerprint density at radius 1 is 1.10 bits per heavy atom. The lowest BCUT2D eigenvalue weighted by Crippen LogP contribution is -2.52. The molecule has 0 aliphatic rings. The van der Waals surface area contributed by atoms with Crippen molar-refractivity contribution in [1.29, 1.82) is 0 Å².